The Labute approximate surface area is 87.5 Å². The van der Waals surface area contributed by atoms with E-state index in [1.807, 2.05) is 18.2 Å². The minimum Gasteiger partial charge on any atom is -0.504 e. The Kier molecular flexibility index (Phi) is 2.47. The number of fused-ring (bicyclic) bond motifs is 1. The van der Waals surface area contributed by atoms with Crippen molar-refractivity contribution in [2.45, 2.75) is 6.61 Å². The van der Waals surface area contributed by atoms with Crippen molar-refractivity contribution in [2.75, 3.05) is 7.11 Å². The molecule has 0 aliphatic carbocycles. The van der Waals surface area contributed by atoms with Crippen LogP contribution in [0.3, 0.4) is 0 Å². The van der Waals surface area contributed by atoms with Gasteiger partial charge in [0, 0.05) is 0 Å². The molecule has 78 valence electrons. The van der Waals surface area contributed by atoms with Crippen LogP contribution < -0.4 is 4.74 Å². The second-order valence-corrected chi connectivity index (χ2v) is 3.32. The summed E-state index contributed by atoms with van der Waals surface area (Å²) >= 11 is 0. The summed E-state index contributed by atoms with van der Waals surface area (Å²) in [6, 6.07) is 8.94. The molecule has 0 amide bonds. The molecule has 0 aliphatic rings. The van der Waals surface area contributed by atoms with Crippen LogP contribution >= 0.6 is 0 Å². The average molecular weight is 204 g/mol. The van der Waals surface area contributed by atoms with E-state index in [4.69, 9.17) is 9.84 Å². The lowest BCUT2D eigenvalue weighted by atomic mass is 10.0. The van der Waals surface area contributed by atoms with Gasteiger partial charge in [-0.2, -0.15) is 0 Å². The van der Waals surface area contributed by atoms with Gasteiger partial charge in [-0.3, -0.25) is 0 Å². The van der Waals surface area contributed by atoms with E-state index >= 15 is 0 Å². The third-order valence-corrected chi connectivity index (χ3v) is 2.44. The van der Waals surface area contributed by atoms with E-state index in [0.29, 0.717) is 5.75 Å². The van der Waals surface area contributed by atoms with Crippen LogP contribution in [0.1, 0.15) is 5.56 Å². The number of ether oxygens (including phenoxy) is 1. The van der Waals surface area contributed by atoms with Crippen molar-refractivity contribution in [2.24, 2.45) is 0 Å². The summed E-state index contributed by atoms with van der Waals surface area (Å²) in [4.78, 5) is 0. The van der Waals surface area contributed by atoms with Crippen LogP contribution in [0.5, 0.6) is 11.5 Å². The van der Waals surface area contributed by atoms with Gasteiger partial charge < -0.3 is 14.9 Å². The number of aliphatic hydroxyl groups excluding tert-OH is 1. The number of rotatable bonds is 2. The molecule has 0 aliphatic heterocycles. The molecule has 2 N–H and O–H groups in total. The van der Waals surface area contributed by atoms with Crippen LogP contribution in [0.15, 0.2) is 30.3 Å². The number of aliphatic hydroxyl groups is 1. The van der Waals surface area contributed by atoms with E-state index in [1.54, 1.807) is 12.1 Å². The molecular weight excluding hydrogens is 192 g/mol. The van der Waals surface area contributed by atoms with Crippen molar-refractivity contribution in [3.05, 3.63) is 35.9 Å². The normalized spacial score (nSPS) is 10.5. The van der Waals surface area contributed by atoms with Crippen LogP contribution in [0, 0.1) is 0 Å². The molecule has 0 heterocycles. The number of phenols is 1. The Balaban J connectivity index is 2.76. The molecule has 0 spiro atoms. The monoisotopic (exact) mass is 204 g/mol. The number of hydrogen-bond acceptors (Lipinski definition) is 3. The van der Waals surface area contributed by atoms with Crippen molar-refractivity contribution in [3.63, 3.8) is 0 Å². The molecule has 0 aromatic heterocycles. The molecule has 2 aromatic rings. The molecule has 0 saturated heterocycles. The fourth-order valence-corrected chi connectivity index (χ4v) is 1.66. The van der Waals surface area contributed by atoms with Gasteiger partial charge in [0.2, 0.25) is 0 Å². The van der Waals surface area contributed by atoms with Crippen LogP contribution in [-0.4, -0.2) is 17.3 Å². The Morgan fingerprint density at radius 3 is 2.73 bits per heavy atom. The number of benzene rings is 2. The molecular formula is C12H12O3. The van der Waals surface area contributed by atoms with Gasteiger partial charge in [-0.1, -0.05) is 18.2 Å². The standard InChI is InChI=1S/C12H12O3/c1-15-12-6-10-8(5-11(12)14)3-2-4-9(10)7-13/h2-6,13-14H,7H2,1H3. The highest BCUT2D eigenvalue weighted by molar-refractivity contribution is 5.88. The fourth-order valence-electron chi connectivity index (χ4n) is 1.66. The second kappa shape index (κ2) is 3.79. The zero-order valence-corrected chi connectivity index (χ0v) is 8.40. The van der Waals surface area contributed by atoms with E-state index in [2.05, 4.69) is 0 Å². The first kappa shape index (κ1) is 9.80. The van der Waals surface area contributed by atoms with Gasteiger partial charge in [0.05, 0.1) is 13.7 Å². The van der Waals surface area contributed by atoms with Gasteiger partial charge in [0.25, 0.3) is 0 Å². The maximum absolute atomic E-state index is 9.58. The predicted octanol–water partition coefficient (Wildman–Crippen LogP) is 2.05. The predicted molar refractivity (Wildman–Crippen MR) is 58.1 cm³/mol. The highest BCUT2D eigenvalue weighted by Crippen LogP contribution is 2.32. The third-order valence-electron chi connectivity index (χ3n) is 2.44. The number of hydrogen-bond donors (Lipinski definition) is 2. The Morgan fingerprint density at radius 1 is 1.27 bits per heavy atom. The summed E-state index contributed by atoms with van der Waals surface area (Å²) in [5.74, 6) is 0.531. The molecule has 0 radical (unpaired) electrons. The van der Waals surface area contributed by atoms with Crippen LogP contribution in [0.25, 0.3) is 10.8 Å². The molecule has 15 heavy (non-hydrogen) atoms. The van der Waals surface area contributed by atoms with E-state index in [0.717, 1.165) is 16.3 Å². The molecule has 0 unspecified atom stereocenters. The molecule has 3 nitrogen and oxygen atoms in total. The summed E-state index contributed by atoms with van der Waals surface area (Å²) in [7, 11) is 1.50. The maximum Gasteiger partial charge on any atom is 0.161 e. The van der Waals surface area contributed by atoms with E-state index < -0.39 is 0 Å². The fraction of sp³-hybridized carbons (Fsp3) is 0.167. The van der Waals surface area contributed by atoms with Gasteiger partial charge in [-0.15, -0.1) is 0 Å². The lowest BCUT2D eigenvalue weighted by molar-refractivity contribution is 0.283. The minimum atomic E-state index is -0.0226. The summed E-state index contributed by atoms with van der Waals surface area (Å²) in [5.41, 5.74) is 0.825. The molecule has 2 aromatic carbocycles. The zero-order chi connectivity index (χ0) is 10.8. The van der Waals surface area contributed by atoms with Gasteiger partial charge in [-0.05, 0) is 28.5 Å². The highest BCUT2D eigenvalue weighted by atomic mass is 16.5. The minimum absolute atomic E-state index is 0.0226. The van der Waals surface area contributed by atoms with Crippen LogP contribution in [0.2, 0.25) is 0 Å². The maximum atomic E-state index is 9.58. The Hall–Kier alpha value is -1.74. The molecule has 2 rings (SSSR count). The van der Waals surface area contributed by atoms with E-state index in [1.165, 1.54) is 7.11 Å². The van der Waals surface area contributed by atoms with Crippen molar-refractivity contribution in [1.29, 1.82) is 0 Å². The Morgan fingerprint density at radius 2 is 2.07 bits per heavy atom. The Bertz CT molecular complexity index is 491. The van der Waals surface area contributed by atoms with Crippen molar-refractivity contribution >= 4 is 10.8 Å². The number of phenolic OH excluding ortho intramolecular Hbond substituents is 1. The lowest BCUT2D eigenvalue weighted by Crippen LogP contribution is -1.88. The van der Waals surface area contributed by atoms with Gasteiger partial charge >= 0.3 is 0 Å². The largest absolute Gasteiger partial charge is 0.504 e. The topological polar surface area (TPSA) is 49.7 Å². The summed E-state index contributed by atoms with van der Waals surface area (Å²) in [6.07, 6.45) is 0. The van der Waals surface area contributed by atoms with Gasteiger partial charge in [0.1, 0.15) is 0 Å². The summed E-state index contributed by atoms with van der Waals surface area (Å²) < 4.78 is 5.02. The van der Waals surface area contributed by atoms with Gasteiger partial charge in [0.15, 0.2) is 11.5 Å². The lowest BCUT2D eigenvalue weighted by Gasteiger charge is -2.08. The van der Waals surface area contributed by atoms with Gasteiger partial charge in [-0.25, -0.2) is 0 Å². The summed E-state index contributed by atoms with van der Waals surface area (Å²) in [6.45, 7) is -0.0226. The summed E-state index contributed by atoms with van der Waals surface area (Å²) in [5, 5.41) is 20.5. The number of methoxy groups -OCH3 is 1. The molecule has 0 saturated carbocycles. The zero-order valence-electron chi connectivity index (χ0n) is 8.40. The van der Waals surface area contributed by atoms with Crippen molar-refractivity contribution < 1.29 is 14.9 Å². The second-order valence-electron chi connectivity index (χ2n) is 3.32. The van der Waals surface area contributed by atoms with Crippen LogP contribution in [-0.2, 0) is 6.61 Å². The molecule has 3 heteroatoms. The first-order chi connectivity index (χ1) is 7.26. The van der Waals surface area contributed by atoms with Crippen molar-refractivity contribution in [3.8, 4) is 11.5 Å². The quantitative estimate of drug-likeness (QED) is 0.787. The molecule has 0 bridgehead atoms. The van der Waals surface area contributed by atoms with E-state index in [9.17, 15) is 5.11 Å². The van der Waals surface area contributed by atoms with Crippen LogP contribution in [0.4, 0.5) is 0 Å². The first-order valence-electron chi connectivity index (χ1n) is 4.65. The van der Waals surface area contributed by atoms with Crippen molar-refractivity contribution in [1.82, 2.24) is 0 Å². The highest BCUT2D eigenvalue weighted by Gasteiger charge is 2.06. The average Bonchev–Trinajstić information content (AvgIpc) is 2.27. The SMILES string of the molecule is COc1cc2c(CO)cccc2cc1O. The smallest absolute Gasteiger partial charge is 0.161 e. The molecule has 0 fully saturated rings. The number of aromatic hydroxyl groups is 1. The third kappa shape index (κ3) is 1.62. The van der Waals surface area contributed by atoms with E-state index in [-0.39, 0.29) is 12.4 Å². The molecule has 0 atom stereocenters. The first-order valence-corrected chi connectivity index (χ1v) is 4.65.